The minimum Gasteiger partial charge on any atom is -0.494 e. The molecular weight excluding hydrogens is 347 g/mol. The van der Waals surface area contributed by atoms with Crippen molar-refractivity contribution in [2.24, 2.45) is 0 Å². The molecule has 0 aliphatic rings. The molecule has 0 unspecified atom stereocenters. The first-order valence-corrected chi connectivity index (χ1v) is 8.16. The number of alkyl halides is 2. The normalized spacial score (nSPS) is 11.0. The van der Waals surface area contributed by atoms with E-state index in [9.17, 15) is 13.2 Å². The van der Waals surface area contributed by atoms with E-state index in [4.69, 9.17) is 9.47 Å². The van der Waals surface area contributed by atoms with Gasteiger partial charge in [0.1, 0.15) is 11.6 Å². The van der Waals surface area contributed by atoms with Gasteiger partial charge in [-0.05, 0) is 55.4 Å². The molecule has 0 radical (unpaired) electrons. The highest BCUT2D eigenvalue weighted by Gasteiger charge is 2.12. The molecule has 0 heterocycles. The number of rotatable bonds is 10. The zero-order valence-electron chi connectivity index (χ0n) is 14.8. The van der Waals surface area contributed by atoms with E-state index in [1.165, 1.54) is 19.2 Å². The number of benzene rings is 2. The van der Waals surface area contributed by atoms with Crippen molar-refractivity contribution in [2.45, 2.75) is 19.6 Å². The fraction of sp³-hybridized carbons (Fsp3) is 0.368. The van der Waals surface area contributed by atoms with Gasteiger partial charge in [-0.15, -0.1) is 0 Å². The van der Waals surface area contributed by atoms with Crippen molar-refractivity contribution in [3.05, 3.63) is 53.8 Å². The molecule has 0 atom stereocenters. The minimum absolute atomic E-state index is 0.0213. The lowest BCUT2D eigenvalue weighted by Gasteiger charge is -2.18. The summed E-state index contributed by atoms with van der Waals surface area (Å²) in [6, 6.07) is 10.8. The van der Waals surface area contributed by atoms with Crippen LogP contribution in [0.15, 0.2) is 42.5 Å². The summed E-state index contributed by atoms with van der Waals surface area (Å²) in [6.45, 7) is -1.09. The van der Waals surface area contributed by atoms with Gasteiger partial charge in [0.25, 0.3) is 0 Å². The van der Waals surface area contributed by atoms with Crippen LogP contribution in [0.1, 0.15) is 12.0 Å². The molecule has 26 heavy (non-hydrogen) atoms. The number of nitrogens with zero attached hydrogens (tertiary/aromatic N) is 1. The third-order valence-electron chi connectivity index (χ3n) is 3.66. The first-order valence-electron chi connectivity index (χ1n) is 8.16. The van der Waals surface area contributed by atoms with Crippen molar-refractivity contribution in [1.29, 1.82) is 0 Å². The Labute approximate surface area is 151 Å². The molecule has 2 aromatic carbocycles. The Morgan fingerprint density at radius 3 is 2.42 bits per heavy atom. The number of halogens is 3. The molecule has 0 fully saturated rings. The van der Waals surface area contributed by atoms with Crippen molar-refractivity contribution in [3.63, 3.8) is 0 Å². The molecule has 0 bridgehead atoms. The molecule has 0 aliphatic carbocycles. The number of hydrogen-bond acceptors (Lipinski definition) is 4. The third kappa shape index (κ3) is 6.48. The summed E-state index contributed by atoms with van der Waals surface area (Å²) in [5, 5.41) is 0. The first-order chi connectivity index (χ1) is 12.5. The van der Waals surface area contributed by atoms with Gasteiger partial charge in [-0.1, -0.05) is 6.07 Å². The van der Waals surface area contributed by atoms with Crippen LogP contribution in [0.5, 0.6) is 17.2 Å². The molecule has 0 amide bonds. The maximum absolute atomic E-state index is 12.8. The number of methoxy groups -OCH3 is 1. The second-order valence-corrected chi connectivity index (χ2v) is 5.76. The molecule has 0 spiro atoms. The van der Waals surface area contributed by atoms with E-state index in [1.54, 1.807) is 24.3 Å². The largest absolute Gasteiger partial charge is 0.494 e. The van der Waals surface area contributed by atoms with E-state index in [1.807, 2.05) is 18.0 Å². The van der Waals surface area contributed by atoms with Gasteiger partial charge in [0.2, 0.25) is 0 Å². The highest BCUT2D eigenvalue weighted by Crippen LogP contribution is 2.29. The minimum atomic E-state index is -2.90. The van der Waals surface area contributed by atoms with Crippen molar-refractivity contribution < 1.29 is 27.4 Å². The second kappa shape index (κ2) is 9.91. The predicted molar refractivity (Wildman–Crippen MR) is 92.5 cm³/mol. The van der Waals surface area contributed by atoms with E-state index in [2.05, 4.69) is 4.74 Å². The van der Waals surface area contributed by atoms with E-state index >= 15 is 0 Å². The Balaban J connectivity index is 1.79. The van der Waals surface area contributed by atoms with Crippen LogP contribution in [-0.4, -0.2) is 38.8 Å². The topological polar surface area (TPSA) is 30.9 Å². The lowest BCUT2D eigenvalue weighted by Crippen LogP contribution is -2.21. The zero-order valence-corrected chi connectivity index (χ0v) is 14.8. The van der Waals surface area contributed by atoms with Gasteiger partial charge in [0.05, 0.1) is 13.7 Å². The first kappa shape index (κ1) is 19.9. The van der Waals surface area contributed by atoms with E-state index in [0.29, 0.717) is 18.9 Å². The average Bonchev–Trinajstić information content (AvgIpc) is 2.60. The number of hydrogen-bond donors (Lipinski definition) is 0. The Hall–Kier alpha value is -2.41. The van der Waals surface area contributed by atoms with E-state index < -0.39 is 6.61 Å². The Bertz CT molecular complexity index is 680. The smallest absolute Gasteiger partial charge is 0.387 e. The van der Waals surface area contributed by atoms with Crippen LogP contribution in [0.25, 0.3) is 0 Å². The Kier molecular flexibility index (Phi) is 7.59. The summed E-state index contributed by atoms with van der Waals surface area (Å²) >= 11 is 0. The lowest BCUT2D eigenvalue weighted by atomic mass is 10.2. The van der Waals surface area contributed by atoms with Gasteiger partial charge >= 0.3 is 6.61 Å². The van der Waals surface area contributed by atoms with Crippen LogP contribution < -0.4 is 14.2 Å². The molecular formula is C19H22F3NO3. The average molecular weight is 369 g/mol. The van der Waals surface area contributed by atoms with Gasteiger partial charge in [-0.2, -0.15) is 8.78 Å². The molecule has 2 rings (SSSR count). The lowest BCUT2D eigenvalue weighted by molar-refractivity contribution is -0.0512. The number of ether oxygens (including phenoxy) is 3. The Morgan fingerprint density at radius 2 is 1.77 bits per heavy atom. The van der Waals surface area contributed by atoms with E-state index in [-0.39, 0.29) is 17.3 Å². The monoisotopic (exact) mass is 369 g/mol. The third-order valence-corrected chi connectivity index (χ3v) is 3.66. The second-order valence-electron chi connectivity index (χ2n) is 5.76. The molecule has 142 valence electrons. The van der Waals surface area contributed by atoms with Crippen molar-refractivity contribution in [3.8, 4) is 17.2 Å². The zero-order chi connectivity index (χ0) is 18.9. The van der Waals surface area contributed by atoms with E-state index in [0.717, 1.165) is 18.5 Å². The standard InChI is InChI=1S/C19H22F3NO3/c1-23(10-3-11-25-16-7-5-15(20)6-8-16)13-14-4-9-17(24-2)18(12-14)26-19(21)22/h4-9,12,19H,3,10-11,13H2,1-2H3. The summed E-state index contributed by atoms with van der Waals surface area (Å²) in [6.07, 6.45) is 0.768. The van der Waals surface area contributed by atoms with Crippen LogP contribution in [0.4, 0.5) is 13.2 Å². The predicted octanol–water partition coefficient (Wildman–Crippen LogP) is 4.34. The van der Waals surface area contributed by atoms with Gasteiger partial charge in [-0.3, -0.25) is 0 Å². The molecule has 0 saturated carbocycles. The van der Waals surface area contributed by atoms with Crippen LogP contribution in [0, 0.1) is 5.82 Å². The fourth-order valence-corrected chi connectivity index (χ4v) is 2.45. The summed E-state index contributed by atoms with van der Waals surface area (Å²) in [7, 11) is 3.33. The highest BCUT2D eigenvalue weighted by molar-refractivity contribution is 5.43. The van der Waals surface area contributed by atoms with Crippen molar-refractivity contribution in [1.82, 2.24) is 4.90 Å². The highest BCUT2D eigenvalue weighted by atomic mass is 19.3. The van der Waals surface area contributed by atoms with Gasteiger partial charge < -0.3 is 19.1 Å². The van der Waals surface area contributed by atoms with Gasteiger partial charge in [-0.25, -0.2) is 4.39 Å². The van der Waals surface area contributed by atoms with Crippen molar-refractivity contribution in [2.75, 3.05) is 27.3 Å². The van der Waals surface area contributed by atoms with Gasteiger partial charge in [0, 0.05) is 13.1 Å². The Morgan fingerprint density at radius 1 is 1.04 bits per heavy atom. The quantitative estimate of drug-likeness (QED) is 0.583. The van der Waals surface area contributed by atoms with Gasteiger partial charge in [0.15, 0.2) is 11.5 Å². The summed E-state index contributed by atoms with van der Waals surface area (Å²) < 4.78 is 52.8. The van der Waals surface area contributed by atoms with Crippen LogP contribution >= 0.6 is 0 Å². The van der Waals surface area contributed by atoms with Crippen LogP contribution in [0.3, 0.4) is 0 Å². The molecule has 0 aromatic heterocycles. The summed E-state index contributed by atoms with van der Waals surface area (Å²) in [5.74, 6) is 0.613. The fourth-order valence-electron chi connectivity index (χ4n) is 2.45. The molecule has 4 nitrogen and oxygen atoms in total. The van der Waals surface area contributed by atoms with Crippen LogP contribution in [-0.2, 0) is 6.54 Å². The van der Waals surface area contributed by atoms with Crippen LogP contribution in [0.2, 0.25) is 0 Å². The molecule has 7 heteroatoms. The summed E-state index contributed by atoms with van der Waals surface area (Å²) in [5.41, 5.74) is 0.836. The molecule has 0 saturated heterocycles. The molecule has 0 N–H and O–H groups in total. The molecule has 0 aliphatic heterocycles. The summed E-state index contributed by atoms with van der Waals surface area (Å²) in [4.78, 5) is 2.04. The molecule has 2 aromatic rings. The maximum Gasteiger partial charge on any atom is 0.387 e. The SMILES string of the molecule is COc1ccc(CN(C)CCCOc2ccc(F)cc2)cc1OC(F)F. The van der Waals surface area contributed by atoms with Crippen molar-refractivity contribution >= 4 is 0 Å². The maximum atomic E-state index is 12.8.